The maximum Gasteiger partial charge on any atom is 0.408 e. The molecule has 8 nitrogen and oxygen atoms in total. The number of aromatic nitrogens is 2. The van der Waals surface area contributed by atoms with Gasteiger partial charge in [0.1, 0.15) is 23.1 Å². The Labute approximate surface area is 164 Å². The summed E-state index contributed by atoms with van der Waals surface area (Å²) in [6.45, 7) is 10.5. The van der Waals surface area contributed by atoms with E-state index in [4.69, 9.17) is 14.7 Å². The van der Waals surface area contributed by atoms with Gasteiger partial charge in [0.05, 0.1) is 22.7 Å². The number of H-pyrrole nitrogens is 1. The Hall–Kier alpha value is -3.08. The van der Waals surface area contributed by atoms with E-state index >= 15 is 0 Å². The van der Waals surface area contributed by atoms with Crippen LogP contribution in [0.3, 0.4) is 0 Å². The number of aromatic amines is 1. The van der Waals surface area contributed by atoms with E-state index in [9.17, 15) is 9.59 Å². The van der Waals surface area contributed by atoms with E-state index in [-0.39, 0.29) is 6.42 Å². The zero-order valence-corrected chi connectivity index (χ0v) is 17.0. The van der Waals surface area contributed by atoms with E-state index in [1.807, 2.05) is 0 Å². The fourth-order valence-electron chi connectivity index (χ4n) is 2.44. The van der Waals surface area contributed by atoms with E-state index in [1.54, 1.807) is 59.7 Å². The number of hydrogen-bond acceptors (Lipinski definition) is 6. The maximum atomic E-state index is 12.6. The summed E-state index contributed by atoms with van der Waals surface area (Å²) in [7, 11) is 0. The van der Waals surface area contributed by atoms with Gasteiger partial charge in [0.25, 0.3) is 0 Å². The summed E-state index contributed by atoms with van der Waals surface area (Å²) in [4.78, 5) is 32.3. The normalized spacial score (nSPS) is 12.9. The van der Waals surface area contributed by atoms with Gasteiger partial charge in [0.2, 0.25) is 0 Å². The average molecular weight is 386 g/mol. The van der Waals surface area contributed by atoms with Gasteiger partial charge in [-0.1, -0.05) is 0 Å². The number of hydrogen-bond donors (Lipinski definition) is 2. The van der Waals surface area contributed by atoms with E-state index in [0.717, 1.165) is 0 Å². The van der Waals surface area contributed by atoms with Gasteiger partial charge in [-0.05, 0) is 59.7 Å². The van der Waals surface area contributed by atoms with Crippen molar-refractivity contribution in [2.24, 2.45) is 0 Å². The van der Waals surface area contributed by atoms with Crippen LogP contribution in [0.5, 0.6) is 0 Å². The van der Waals surface area contributed by atoms with Gasteiger partial charge in [0.15, 0.2) is 0 Å². The van der Waals surface area contributed by atoms with Crippen molar-refractivity contribution in [3.63, 3.8) is 0 Å². The number of rotatable bonds is 4. The largest absolute Gasteiger partial charge is 0.458 e. The van der Waals surface area contributed by atoms with Gasteiger partial charge in [-0.25, -0.2) is 14.6 Å². The number of nitriles is 1. The third-order valence-electron chi connectivity index (χ3n) is 3.44. The molecular weight excluding hydrogens is 360 g/mol. The lowest BCUT2D eigenvalue weighted by Gasteiger charge is -2.26. The molecule has 2 N–H and O–H groups in total. The fraction of sp³-hybridized carbons (Fsp3) is 0.500. The number of fused-ring (bicyclic) bond motifs is 1. The molecule has 1 aromatic carbocycles. The lowest BCUT2D eigenvalue weighted by Crippen LogP contribution is -2.47. The molecule has 2 aromatic rings. The second-order valence-corrected chi connectivity index (χ2v) is 8.46. The van der Waals surface area contributed by atoms with Crippen molar-refractivity contribution >= 4 is 23.1 Å². The number of nitrogens with zero attached hydrogens (tertiary/aromatic N) is 2. The summed E-state index contributed by atoms with van der Waals surface area (Å²) in [5.74, 6) is -0.103. The molecular formula is C20H26N4O4. The van der Waals surface area contributed by atoms with Crippen LogP contribution in [0.4, 0.5) is 4.79 Å². The summed E-state index contributed by atoms with van der Waals surface area (Å²) in [5.41, 5.74) is 0.428. The Bertz CT molecular complexity index is 913. The number of imidazole rings is 1. The van der Waals surface area contributed by atoms with Gasteiger partial charge in [-0.3, -0.25) is 0 Å². The van der Waals surface area contributed by atoms with Crippen molar-refractivity contribution in [1.29, 1.82) is 5.26 Å². The summed E-state index contributed by atoms with van der Waals surface area (Å²) >= 11 is 0. The predicted molar refractivity (Wildman–Crippen MR) is 104 cm³/mol. The zero-order valence-electron chi connectivity index (χ0n) is 17.0. The van der Waals surface area contributed by atoms with Crippen molar-refractivity contribution in [3.05, 3.63) is 29.6 Å². The van der Waals surface area contributed by atoms with E-state index in [2.05, 4.69) is 21.4 Å². The Kier molecular flexibility index (Phi) is 5.98. The van der Waals surface area contributed by atoms with Crippen molar-refractivity contribution in [3.8, 4) is 6.07 Å². The lowest BCUT2D eigenvalue weighted by molar-refractivity contribution is -0.157. The molecule has 1 atom stereocenters. The van der Waals surface area contributed by atoms with Crippen LogP contribution in [0.2, 0.25) is 0 Å². The highest BCUT2D eigenvalue weighted by atomic mass is 16.6. The molecule has 28 heavy (non-hydrogen) atoms. The summed E-state index contributed by atoms with van der Waals surface area (Å²) in [5, 5.41) is 11.6. The number of esters is 1. The van der Waals surface area contributed by atoms with Crippen LogP contribution in [0.15, 0.2) is 18.2 Å². The molecule has 1 amide bonds. The number of amides is 1. The minimum atomic E-state index is -0.981. The first-order valence-corrected chi connectivity index (χ1v) is 8.97. The predicted octanol–water partition coefficient (Wildman–Crippen LogP) is 3.21. The smallest absolute Gasteiger partial charge is 0.408 e. The Balaban J connectivity index is 2.24. The van der Waals surface area contributed by atoms with E-state index in [0.29, 0.717) is 22.4 Å². The minimum Gasteiger partial charge on any atom is -0.458 e. The second kappa shape index (κ2) is 7.89. The highest BCUT2D eigenvalue weighted by molar-refractivity contribution is 5.82. The Morgan fingerprint density at radius 3 is 2.39 bits per heavy atom. The second-order valence-electron chi connectivity index (χ2n) is 8.46. The Morgan fingerprint density at radius 1 is 1.18 bits per heavy atom. The first-order chi connectivity index (χ1) is 12.9. The quantitative estimate of drug-likeness (QED) is 0.779. The van der Waals surface area contributed by atoms with Crippen LogP contribution >= 0.6 is 0 Å². The van der Waals surface area contributed by atoms with Gasteiger partial charge in [0, 0.05) is 6.42 Å². The molecule has 0 fully saturated rings. The van der Waals surface area contributed by atoms with Gasteiger partial charge >= 0.3 is 12.1 Å². The maximum absolute atomic E-state index is 12.6. The highest BCUT2D eigenvalue weighted by Crippen LogP contribution is 2.16. The molecule has 0 aliphatic carbocycles. The van der Waals surface area contributed by atoms with Crippen LogP contribution in [-0.2, 0) is 20.7 Å². The number of carbonyl (C=O) groups excluding carboxylic acids is 2. The standard InChI is InChI=1S/C20H26N4O4/c1-19(2,3)27-17(25)15(24-18(26)28-20(4,5)6)10-16-22-13-8-7-12(11-21)9-14(13)23-16/h7-9,15H,10H2,1-6H3,(H,22,23)(H,24,26)/t15-/m0/s1. The van der Waals surface area contributed by atoms with Crippen LogP contribution in [0.25, 0.3) is 11.0 Å². The third kappa shape index (κ3) is 6.27. The lowest BCUT2D eigenvalue weighted by atomic mass is 10.1. The average Bonchev–Trinajstić information content (AvgIpc) is 2.92. The summed E-state index contributed by atoms with van der Waals surface area (Å²) in [6.07, 6.45) is -0.628. The molecule has 0 saturated carbocycles. The van der Waals surface area contributed by atoms with Crippen LogP contribution in [0.1, 0.15) is 52.9 Å². The van der Waals surface area contributed by atoms with E-state index in [1.165, 1.54) is 0 Å². The van der Waals surface area contributed by atoms with Gasteiger partial charge in [-0.15, -0.1) is 0 Å². The van der Waals surface area contributed by atoms with Gasteiger partial charge in [-0.2, -0.15) is 5.26 Å². The molecule has 0 bridgehead atoms. The molecule has 0 spiro atoms. The van der Waals surface area contributed by atoms with Crippen LogP contribution in [-0.4, -0.2) is 39.3 Å². The molecule has 150 valence electrons. The molecule has 0 unspecified atom stereocenters. The molecule has 0 saturated heterocycles. The highest BCUT2D eigenvalue weighted by Gasteiger charge is 2.29. The molecule has 0 aliphatic heterocycles. The zero-order chi connectivity index (χ0) is 21.1. The number of benzene rings is 1. The first-order valence-electron chi connectivity index (χ1n) is 8.97. The number of alkyl carbamates (subject to hydrolysis) is 1. The molecule has 8 heteroatoms. The van der Waals surface area contributed by atoms with Crippen molar-refractivity contribution in [2.75, 3.05) is 0 Å². The third-order valence-corrected chi connectivity index (χ3v) is 3.44. The summed E-state index contributed by atoms with van der Waals surface area (Å²) < 4.78 is 10.7. The molecule has 0 radical (unpaired) electrons. The van der Waals surface area contributed by atoms with Crippen molar-refractivity contribution in [1.82, 2.24) is 15.3 Å². The number of nitrogens with one attached hydrogen (secondary N) is 2. The Morgan fingerprint density at radius 2 is 1.82 bits per heavy atom. The topological polar surface area (TPSA) is 117 Å². The van der Waals surface area contributed by atoms with Gasteiger partial charge < -0.3 is 19.8 Å². The number of carbonyl (C=O) groups is 2. The van der Waals surface area contributed by atoms with E-state index < -0.39 is 29.3 Å². The molecule has 1 aromatic heterocycles. The van der Waals surface area contributed by atoms with Crippen molar-refractivity contribution in [2.45, 2.75) is 65.2 Å². The molecule has 2 rings (SSSR count). The minimum absolute atomic E-state index is 0.0880. The fourth-order valence-corrected chi connectivity index (χ4v) is 2.44. The summed E-state index contributed by atoms with van der Waals surface area (Å²) in [6, 6.07) is 6.14. The molecule has 1 heterocycles. The first kappa shape index (κ1) is 21.2. The molecule has 0 aliphatic rings. The van der Waals surface area contributed by atoms with Crippen LogP contribution < -0.4 is 5.32 Å². The van der Waals surface area contributed by atoms with Crippen molar-refractivity contribution < 1.29 is 19.1 Å². The van der Waals surface area contributed by atoms with Crippen LogP contribution in [0, 0.1) is 11.3 Å². The number of ether oxygens (including phenoxy) is 2. The monoisotopic (exact) mass is 386 g/mol. The SMILES string of the molecule is CC(C)(C)OC(=O)N[C@@H](Cc1nc2ccc(C#N)cc2[nH]1)C(=O)OC(C)(C)C.